The average Bonchev–Trinajstić information content (AvgIpc) is 3.52. The van der Waals surface area contributed by atoms with Crippen molar-refractivity contribution < 1.29 is 22.3 Å². The summed E-state index contributed by atoms with van der Waals surface area (Å²) in [5.74, 6) is -0.915. The maximum absolute atomic E-state index is 16.5. The summed E-state index contributed by atoms with van der Waals surface area (Å²) in [6.45, 7) is 2.45. The second-order valence-electron chi connectivity index (χ2n) is 11.3. The topological polar surface area (TPSA) is 113 Å². The average molecular weight is 590 g/mol. The van der Waals surface area contributed by atoms with Gasteiger partial charge in [0, 0.05) is 30.6 Å². The van der Waals surface area contributed by atoms with Gasteiger partial charge in [0.25, 0.3) is 0 Å². The van der Waals surface area contributed by atoms with E-state index in [1.54, 1.807) is 0 Å². The second-order valence-corrected chi connectivity index (χ2v) is 11.7. The molecule has 1 aromatic carbocycles. The Hall–Kier alpha value is -3.43. The number of nitrogen functional groups attached to an aromatic ring is 1. The van der Waals surface area contributed by atoms with Crippen LogP contribution in [0.5, 0.6) is 6.01 Å². The molecular weight excluding hydrogens is 562 g/mol. The van der Waals surface area contributed by atoms with Gasteiger partial charge in [0.2, 0.25) is 0 Å². The second kappa shape index (κ2) is 10.1. The number of anilines is 2. The largest absolute Gasteiger partial charge is 0.462 e. The van der Waals surface area contributed by atoms with E-state index in [9.17, 15) is 18.4 Å². The van der Waals surface area contributed by atoms with Gasteiger partial charge >= 0.3 is 12.2 Å². The lowest BCUT2D eigenvalue weighted by Crippen LogP contribution is -2.51. The minimum Gasteiger partial charge on any atom is -0.462 e. The molecule has 0 amide bonds. The van der Waals surface area contributed by atoms with E-state index in [0.29, 0.717) is 31.7 Å². The Bertz CT molecular complexity index is 1560. The van der Waals surface area contributed by atoms with Crippen molar-refractivity contribution in [1.82, 2.24) is 20.3 Å². The number of alkyl halides is 3. The highest BCUT2D eigenvalue weighted by atomic mass is 35.5. The standard InChI is InChI=1S/C28H28ClF4N7O/c1-14-8-19(35)37-24(21(14)28(31,32)33)20-18(29)9-17-23(22(20)30)38-26(41-13-27(12-34)6-2-3-7-27)39-25(17)40-10-15-4-5-16(11-40)36-15/h8-9,15-16,36H,2-7,10-11,13H2,1H3,(H2,35,37). The van der Waals surface area contributed by atoms with Crippen molar-refractivity contribution >= 4 is 34.1 Å². The van der Waals surface area contributed by atoms with Crippen LogP contribution in [0.25, 0.3) is 22.2 Å². The Morgan fingerprint density at radius 2 is 1.85 bits per heavy atom. The quantitative estimate of drug-likeness (QED) is 0.359. The number of nitrogens with one attached hydrogen (secondary N) is 1. The molecule has 2 saturated heterocycles. The molecule has 41 heavy (non-hydrogen) atoms. The third kappa shape index (κ3) is 4.99. The third-order valence-corrected chi connectivity index (χ3v) is 8.69. The van der Waals surface area contributed by atoms with Crippen LogP contribution in [0.3, 0.4) is 0 Å². The van der Waals surface area contributed by atoms with Crippen LogP contribution in [-0.2, 0) is 6.18 Å². The molecule has 13 heteroatoms. The number of hydrogen-bond donors (Lipinski definition) is 2. The number of hydrogen-bond acceptors (Lipinski definition) is 8. The molecular formula is C28H28ClF4N7O. The minimum absolute atomic E-state index is 0.0253. The number of pyridine rings is 1. The van der Waals surface area contributed by atoms with Gasteiger partial charge in [-0.1, -0.05) is 24.4 Å². The van der Waals surface area contributed by atoms with Crippen molar-refractivity contribution in [3.8, 4) is 23.3 Å². The molecule has 3 N–H and O–H groups in total. The normalized spacial score (nSPS) is 21.8. The van der Waals surface area contributed by atoms with Crippen LogP contribution in [0.2, 0.25) is 5.02 Å². The maximum Gasteiger partial charge on any atom is 0.418 e. The Morgan fingerprint density at radius 1 is 1.17 bits per heavy atom. The maximum atomic E-state index is 16.5. The molecule has 1 aliphatic carbocycles. The lowest BCUT2D eigenvalue weighted by atomic mass is 9.89. The molecule has 2 aromatic heterocycles. The number of rotatable bonds is 5. The fraction of sp³-hybridized carbons (Fsp3) is 0.500. The molecule has 0 spiro atoms. The molecule has 8 nitrogen and oxygen atoms in total. The zero-order valence-electron chi connectivity index (χ0n) is 22.3. The number of nitriles is 1. The van der Waals surface area contributed by atoms with Gasteiger partial charge in [0.1, 0.15) is 23.8 Å². The molecule has 6 rings (SSSR count). The lowest BCUT2D eigenvalue weighted by Gasteiger charge is -2.34. The zero-order valence-corrected chi connectivity index (χ0v) is 23.0. The highest BCUT2D eigenvalue weighted by Crippen LogP contribution is 2.45. The number of nitrogens with two attached hydrogens (primary N) is 1. The van der Waals surface area contributed by atoms with E-state index in [1.165, 1.54) is 13.0 Å². The summed E-state index contributed by atoms with van der Waals surface area (Å²) in [5, 5.41) is 13.3. The number of aryl methyl sites for hydroxylation is 1. The molecule has 3 fully saturated rings. The first-order valence-electron chi connectivity index (χ1n) is 13.6. The van der Waals surface area contributed by atoms with Crippen molar-refractivity contribution in [3.05, 3.63) is 34.1 Å². The predicted octanol–water partition coefficient (Wildman–Crippen LogP) is 5.80. The van der Waals surface area contributed by atoms with Crippen LogP contribution in [0, 0.1) is 29.5 Å². The molecule has 216 valence electrons. The summed E-state index contributed by atoms with van der Waals surface area (Å²) < 4.78 is 64.8. The number of fused-ring (bicyclic) bond motifs is 3. The van der Waals surface area contributed by atoms with Crippen LogP contribution >= 0.6 is 11.6 Å². The predicted molar refractivity (Wildman–Crippen MR) is 146 cm³/mol. The molecule has 1 saturated carbocycles. The van der Waals surface area contributed by atoms with Crippen LogP contribution in [-0.4, -0.2) is 46.7 Å². The minimum atomic E-state index is -4.84. The zero-order chi connectivity index (χ0) is 29.1. The van der Waals surface area contributed by atoms with Crippen molar-refractivity contribution in [1.29, 1.82) is 5.26 Å². The fourth-order valence-electron chi connectivity index (χ4n) is 6.43. The van der Waals surface area contributed by atoms with Gasteiger partial charge in [-0.2, -0.15) is 28.4 Å². The van der Waals surface area contributed by atoms with Gasteiger partial charge in [0.05, 0.1) is 33.3 Å². The monoisotopic (exact) mass is 589 g/mol. The molecule has 3 aromatic rings. The van der Waals surface area contributed by atoms with E-state index in [-0.39, 0.29) is 52.0 Å². The van der Waals surface area contributed by atoms with E-state index in [2.05, 4.69) is 26.3 Å². The first-order valence-corrected chi connectivity index (χ1v) is 14.0. The summed E-state index contributed by atoms with van der Waals surface area (Å²) in [6, 6.07) is 5.09. The Labute approximate surface area is 238 Å². The first kappa shape index (κ1) is 27.7. The number of piperazine rings is 1. The van der Waals surface area contributed by atoms with Crippen molar-refractivity contribution in [2.45, 2.75) is 63.7 Å². The Balaban J connectivity index is 1.53. The van der Waals surface area contributed by atoms with E-state index < -0.39 is 34.2 Å². The van der Waals surface area contributed by atoms with Crippen molar-refractivity contribution in [2.24, 2.45) is 5.41 Å². The third-order valence-electron chi connectivity index (χ3n) is 8.39. The van der Waals surface area contributed by atoms with Gasteiger partial charge in [-0.3, -0.25) is 0 Å². The summed E-state index contributed by atoms with van der Waals surface area (Å²) in [6.07, 6.45) is 0.253. The van der Waals surface area contributed by atoms with Gasteiger partial charge in [-0.15, -0.1) is 0 Å². The van der Waals surface area contributed by atoms with E-state index in [0.717, 1.165) is 31.7 Å². The summed E-state index contributed by atoms with van der Waals surface area (Å²) >= 11 is 6.53. The SMILES string of the molecule is Cc1cc(N)nc(-c2c(Cl)cc3c(N4CC5CCC(C4)N5)nc(OCC4(C#N)CCCC4)nc3c2F)c1C(F)(F)F. The number of halogens is 5. The van der Waals surface area contributed by atoms with Gasteiger partial charge in [-0.05, 0) is 50.3 Å². The van der Waals surface area contributed by atoms with Crippen molar-refractivity contribution in [3.63, 3.8) is 0 Å². The Kier molecular flexibility index (Phi) is 6.85. The molecule has 2 aliphatic heterocycles. The number of ether oxygens (including phenoxy) is 1. The van der Waals surface area contributed by atoms with E-state index >= 15 is 4.39 Å². The first-order chi connectivity index (χ1) is 19.5. The van der Waals surface area contributed by atoms with Crippen LogP contribution in [0.1, 0.15) is 49.7 Å². The van der Waals surface area contributed by atoms with Crippen LogP contribution in [0.15, 0.2) is 12.1 Å². The molecule has 0 radical (unpaired) electrons. The highest BCUT2D eigenvalue weighted by molar-refractivity contribution is 6.34. The van der Waals surface area contributed by atoms with Crippen LogP contribution < -0.4 is 20.7 Å². The summed E-state index contributed by atoms with van der Waals surface area (Å²) in [4.78, 5) is 14.8. The smallest absolute Gasteiger partial charge is 0.418 e. The Morgan fingerprint density at radius 3 is 2.49 bits per heavy atom. The fourth-order valence-corrected chi connectivity index (χ4v) is 6.71. The number of nitrogens with zero attached hydrogens (tertiary/aromatic N) is 5. The summed E-state index contributed by atoms with van der Waals surface area (Å²) in [5.41, 5.74) is 2.25. The van der Waals surface area contributed by atoms with E-state index in [1.807, 2.05) is 4.90 Å². The molecule has 2 unspecified atom stereocenters. The molecule has 2 atom stereocenters. The molecule has 2 bridgehead atoms. The van der Waals surface area contributed by atoms with Crippen LogP contribution in [0.4, 0.5) is 29.2 Å². The van der Waals surface area contributed by atoms with Gasteiger partial charge < -0.3 is 20.7 Å². The van der Waals surface area contributed by atoms with Gasteiger partial charge in [-0.25, -0.2) is 9.37 Å². The number of benzene rings is 1. The molecule has 3 aliphatic rings. The van der Waals surface area contributed by atoms with E-state index in [4.69, 9.17) is 22.1 Å². The molecule has 4 heterocycles. The summed E-state index contributed by atoms with van der Waals surface area (Å²) in [7, 11) is 0. The number of aromatic nitrogens is 3. The van der Waals surface area contributed by atoms with Gasteiger partial charge in [0.15, 0.2) is 5.82 Å². The van der Waals surface area contributed by atoms with Crippen molar-refractivity contribution in [2.75, 3.05) is 30.3 Å². The lowest BCUT2D eigenvalue weighted by molar-refractivity contribution is -0.137. The highest BCUT2D eigenvalue weighted by Gasteiger charge is 2.40.